The van der Waals surface area contributed by atoms with Crippen LogP contribution in [-0.2, 0) is 4.74 Å². The highest BCUT2D eigenvalue weighted by molar-refractivity contribution is 9.09. The fourth-order valence-corrected chi connectivity index (χ4v) is 2.90. The predicted molar refractivity (Wildman–Crippen MR) is 72.2 cm³/mol. The van der Waals surface area contributed by atoms with Gasteiger partial charge in [0.25, 0.3) is 0 Å². The molecule has 1 aliphatic rings. The zero-order chi connectivity index (χ0) is 14.0. The third-order valence-corrected chi connectivity index (χ3v) is 3.99. The summed E-state index contributed by atoms with van der Waals surface area (Å²) in [6, 6.07) is 4.43. The van der Waals surface area contributed by atoms with E-state index in [4.69, 9.17) is 14.2 Å². The molecule has 0 amide bonds. The van der Waals surface area contributed by atoms with Crippen molar-refractivity contribution in [3.63, 3.8) is 0 Å². The molecule has 1 aromatic carbocycles. The molecule has 0 spiro atoms. The second-order valence-corrected chi connectivity index (χ2v) is 5.38. The molecule has 7 heteroatoms. The number of nitro groups is 1. The van der Waals surface area contributed by atoms with Crippen LogP contribution in [0.3, 0.4) is 0 Å². The van der Waals surface area contributed by atoms with Gasteiger partial charge < -0.3 is 14.2 Å². The molecule has 0 aromatic heterocycles. The summed E-state index contributed by atoms with van der Waals surface area (Å²) >= 11 is 3.45. The summed E-state index contributed by atoms with van der Waals surface area (Å²) in [5, 5.41) is 11.0. The molecule has 0 bridgehead atoms. The van der Waals surface area contributed by atoms with Gasteiger partial charge in [-0.25, -0.2) is 0 Å². The number of alkyl halides is 1. The quantitative estimate of drug-likeness (QED) is 0.471. The number of benzene rings is 1. The van der Waals surface area contributed by atoms with E-state index in [0.29, 0.717) is 5.75 Å². The summed E-state index contributed by atoms with van der Waals surface area (Å²) in [5.41, 5.74) is -0.0753. The lowest BCUT2D eigenvalue weighted by Gasteiger charge is -2.39. The number of rotatable bonds is 5. The first-order valence-corrected chi connectivity index (χ1v) is 6.64. The summed E-state index contributed by atoms with van der Waals surface area (Å²) in [7, 11) is 3.09. The summed E-state index contributed by atoms with van der Waals surface area (Å²) < 4.78 is 16.0. The SMILES string of the molecule is COc1ccc([N+](=O)[O-])c(OC2CC(Br)C2OC)c1. The van der Waals surface area contributed by atoms with Crippen LogP contribution < -0.4 is 9.47 Å². The highest BCUT2D eigenvalue weighted by Gasteiger charge is 2.42. The maximum atomic E-state index is 11.0. The summed E-state index contributed by atoms with van der Waals surface area (Å²) in [6.07, 6.45) is 0.443. The monoisotopic (exact) mass is 331 g/mol. The lowest BCUT2D eigenvalue weighted by atomic mass is 9.91. The molecule has 1 saturated carbocycles. The van der Waals surface area contributed by atoms with Crippen molar-refractivity contribution >= 4 is 21.6 Å². The molecule has 0 saturated heterocycles. The molecule has 6 nitrogen and oxygen atoms in total. The molecular weight excluding hydrogens is 318 g/mol. The van der Waals surface area contributed by atoms with Crippen LogP contribution in [-0.4, -0.2) is 36.2 Å². The van der Waals surface area contributed by atoms with Crippen LogP contribution in [0.1, 0.15) is 6.42 Å². The average Bonchev–Trinajstić information content (AvgIpc) is 2.38. The van der Waals surface area contributed by atoms with Crippen molar-refractivity contribution < 1.29 is 19.1 Å². The third kappa shape index (κ3) is 2.82. The van der Waals surface area contributed by atoms with E-state index in [1.54, 1.807) is 7.11 Å². The Morgan fingerprint density at radius 2 is 2.16 bits per heavy atom. The zero-order valence-corrected chi connectivity index (χ0v) is 12.1. The van der Waals surface area contributed by atoms with Crippen molar-refractivity contribution in [1.82, 2.24) is 0 Å². The van der Waals surface area contributed by atoms with Crippen LogP contribution in [0.4, 0.5) is 5.69 Å². The Morgan fingerprint density at radius 3 is 2.68 bits per heavy atom. The van der Waals surface area contributed by atoms with Gasteiger partial charge in [-0.1, -0.05) is 15.9 Å². The van der Waals surface area contributed by atoms with E-state index in [0.717, 1.165) is 6.42 Å². The fraction of sp³-hybridized carbons (Fsp3) is 0.500. The normalized spacial score (nSPS) is 25.5. The van der Waals surface area contributed by atoms with Crippen molar-refractivity contribution in [2.75, 3.05) is 14.2 Å². The van der Waals surface area contributed by atoms with E-state index in [1.807, 2.05) is 0 Å². The van der Waals surface area contributed by atoms with Crippen molar-refractivity contribution in [1.29, 1.82) is 0 Å². The standard InChI is InChI=1S/C12H14BrNO5/c1-17-7-3-4-9(14(15)16)10(5-7)19-11-6-8(13)12(11)18-2/h3-5,8,11-12H,6H2,1-2H3. The second-order valence-electron chi connectivity index (χ2n) is 4.20. The Balaban J connectivity index is 2.20. The van der Waals surface area contributed by atoms with Gasteiger partial charge in [-0.05, 0) is 6.07 Å². The van der Waals surface area contributed by atoms with Crippen LogP contribution in [0.2, 0.25) is 0 Å². The predicted octanol–water partition coefficient (Wildman–Crippen LogP) is 2.53. The van der Waals surface area contributed by atoms with Crippen molar-refractivity contribution in [3.8, 4) is 11.5 Å². The summed E-state index contributed by atoms with van der Waals surface area (Å²) in [5.74, 6) is 0.722. The highest BCUT2D eigenvalue weighted by atomic mass is 79.9. The first-order valence-electron chi connectivity index (χ1n) is 5.72. The highest BCUT2D eigenvalue weighted by Crippen LogP contribution is 2.38. The Morgan fingerprint density at radius 1 is 1.42 bits per heavy atom. The lowest BCUT2D eigenvalue weighted by molar-refractivity contribution is -0.386. The van der Waals surface area contributed by atoms with Gasteiger partial charge in [-0.3, -0.25) is 10.1 Å². The van der Waals surface area contributed by atoms with Gasteiger partial charge in [-0.2, -0.15) is 0 Å². The van der Waals surface area contributed by atoms with Gasteiger partial charge in [0.1, 0.15) is 18.0 Å². The number of ether oxygens (including phenoxy) is 3. The number of nitrogens with zero attached hydrogens (tertiary/aromatic N) is 1. The molecule has 0 N–H and O–H groups in total. The number of methoxy groups -OCH3 is 2. The molecule has 2 rings (SSSR count). The topological polar surface area (TPSA) is 70.8 Å². The summed E-state index contributed by atoms with van der Waals surface area (Å²) in [4.78, 5) is 10.7. The zero-order valence-electron chi connectivity index (χ0n) is 10.5. The molecule has 3 unspecified atom stereocenters. The Labute approximate surface area is 118 Å². The molecule has 1 aromatic rings. The summed E-state index contributed by atoms with van der Waals surface area (Å²) in [6.45, 7) is 0. The van der Waals surface area contributed by atoms with E-state index in [2.05, 4.69) is 15.9 Å². The van der Waals surface area contributed by atoms with Crippen LogP contribution in [0.25, 0.3) is 0 Å². The van der Waals surface area contributed by atoms with Gasteiger partial charge in [0, 0.05) is 30.5 Å². The van der Waals surface area contributed by atoms with Crippen molar-refractivity contribution in [2.24, 2.45) is 0 Å². The average molecular weight is 332 g/mol. The molecule has 1 fully saturated rings. The molecule has 3 atom stereocenters. The minimum absolute atomic E-state index is 0.0753. The maximum absolute atomic E-state index is 11.0. The van der Waals surface area contributed by atoms with Gasteiger partial charge in [0.2, 0.25) is 5.75 Å². The van der Waals surface area contributed by atoms with E-state index >= 15 is 0 Å². The van der Waals surface area contributed by atoms with Gasteiger partial charge in [0.05, 0.1) is 12.0 Å². The molecule has 1 aliphatic carbocycles. The number of hydrogen-bond donors (Lipinski definition) is 0. The van der Waals surface area contributed by atoms with Crippen LogP contribution >= 0.6 is 15.9 Å². The maximum Gasteiger partial charge on any atom is 0.311 e. The molecule has 0 radical (unpaired) electrons. The van der Waals surface area contributed by atoms with Crippen molar-refractivity contribution in [3.05, 3.63) is 28.3 Å². The minimum atomic E-state index is -0.471. The first kappa shape index (κ1) is 14.1. The minimum Gasteiger partial charge on any atom is -0.497 e. The largest absolute Gasteiger partial charge is 0.497 e. The Bertz CT molecular complexity index is 481. The molecule has 104 valence electrons. The smallest absolute Gasteiger partial charge is 0.311 e. The molecule has 0 heterocycles. The second kappa shape index (κ2) is 5.75. The van der Waals surface area contributed by atoms with E-state index in [-0.39, 0.29) is 28.5 Å². The Hall–Kier alpha value is -1.34. The lowest BCUT2D eigenvalue weighted by Crippen LogP contribution is -2.51. The number of halogens is 1. The van der Waals surface area contributed by atoms with E-state index < -0.39 is 4.92 Å². The molecule has 19 heavy (non-hydrogen) atoms. The van der Waals surface area contributed by atoms with E-state index in [9.17, 15) is 10.1 Å². The number of nitro benzene ring substituents is 1. The van der Waals surface area contributed by atoms with Gasteiger partial charge in [0.15, 0.2) is 0 Å². The van der Waals surface area contributed by atoms with Gasteiger partial charge >= 0.3 is 5.69 Å². The van der Waals surface area contributed by atoms with E-state index in [1.165, 1.54) is 25.3 Å². The molecular formula is C12H14BrNO5. The number of hydrogen-bond acceptors (Lipinski definition) is 5. The van der Waals surface area contributed by atoms with Crippen LogP contribution in [0.5, 0.6) is 11.5 Å². The van der Waals surface area contributed by atoms with Gasteiger partial charge in [-0.15, -0.1) is 0 Å². The first-order chi connectivity index (χ1) is 9.06. The van der Waals surface area contributed by atoms with Crippen molar-refractivity contribution in [2.45, 2.75) is 23.5 Å². The Kier molecular flexibility index (Phi) is 4.26. The van der Waals surface area contributed by atoms with Crippen LogP contribution in [0.15, 0.2) is 18.2 Å². The van der Waals surface area contributed by atoms with Crippen LogP contribution in [0, 0.1) is 10.1 Å². The molecule has 0 aliphatic heterocycles. The third-order valence-electron chi connectivity index (χ3n) is 3.09. The fourth-order valence-electron chi connectivity index (χ4n) is 1.97.